The maximum Gasteiger partial charge on any atom is 0.249 e. The molecular formula is C15H22N4O4S. The van der Waals surface area contributed by atoms with Gasteiger partial charge in [0, 0.05) is 19.3 Å². The molecule has 1 aromatic rings. The highest BCUT2D eigenvalue weighted by atomic mass is 32.2. The van der Waals surface area contributed by atoms with Crippen molar-refractivity contribution in [2.75, 3.05) is 19.3 Å². The second-order valence-corrected chi connectivity index (χ2v) is 8.42. The van der Waals surface area contributed by atoms with E-state index < -0.39 is 16.1 Å². The van der Waals surface area contributed by atoms with Crippen LogP contribution in [0.3, 0.4) is 0 Å². The van der Waals surface area contributed by atoms with Crippen LogP contribution in [0.25, 0.3) is 0 Å². The van der Waals surface area contributed by atoms with Gasteiger partial charge in [0.15, 0.2) is 0 Å². The van der Waals surface area contributed by atoms with Gasteiger partial charge in [0.1, 0.15) is 6.10 Å². The molecule has 2 fully saturated rings. The van der Waals surface area contributed by atoms with E-state index in [1.165, 1.54) is 10.6 Å². The minimum atomic E-state index is -3.21. The van der Waals surface area contributed by atoms with Crippen LogP contribution in [-0.4, -0.2) is 60.2 Å². The quantitative estimate of drug-likeness (QED) is 0.806. The molecule has 0 unspecified atom stereocenters. The van der Waals surface area contributed by atoms with Crippen LogP contribution in [0.5, 0.6) is 0 Å². The Labute approximate surface area is 141 Å². The van der Waals surface area contributed by atoms with Gasteiger partial charge < -0.3 is 10.1 Å². The number of hydrogen-bond acceptors (Lipinski definition) is 6. The van der Waals surface area contributed by atoms with Gasteiger partial charge in [0.05, 0.1) is 36.5 Å². The van der Waals surface area contributed by atoms with Crippen molar-refractivity contribution in [2.45, 2.75) is 38.5 Å². The van der Waals surface area contributed by atoms with Crippen LogP contribution in [0.1, 0.15) is 24.2 Å². The van der Waals surface area contributed by atoms with Gasteiger partial charge in [-0.25, -0.2) is 8.42 Å². The average molecular weight is 354 g/mol. The monoisotopic (exact) mass is 354 g/mol. The van der Waals surface area contributed by atoms with E-state index in [0.717, 1.165) is 12.1 Å². The van der Waals surface area contributed by atoms with E-state index in [0.29, 0.717) is 31.7 Å². The van der Waals surface area contributed by atoms with E-state index in [4.69, 9.17) is 4.74 Å². The van der Waals surface area contributed by atoms with E-state index in [-0.39, 0.29) is 17.9 Å². The fraction of sp³-hybridized carbons (Fsp3) is 0.667. The van der Waals surface area contributed by atoms with Crippen molar-refractivity contribution >= 4 is 15.9 Å². The number of aryl methyl sites for hydroxylation is 1. The molecule has 0 aliphatic carbocycles. The zero-order valence-corrected chi connectivity index (χ0v) is 14.6. The number of sulfonamides is 1. The molecule has 1 aromatic heterocycles. The SMILES string of the molecule is Cc1cnc(CNC(=O)[C@@H]2C[C@H]3CCN(S(C)(=O)=O)C[C@@H]3O2)cn1. The summed E-state index contributed by atoms with van der Waals surface area (Å²) in [6.07, 6.45) is 5.12. The lowest BCUT2D eigenvalue weighted by molar-refractivity contribution is -0.132. The van der Waals surface area contributed by atoms with Gasteiger partial charge in [0.2, 0.25) is 15.9 Å². The van der Waals surface area contributed by atoms with Crippen LogP contribution in [0.4, 0.5) is 0 Å². The first-order valence-corrected chi connectivity index (χ1v) is 9.83. The Hall–Kier alpha value is -1.58. The maximum atomic E-state index is 12.3. The Kier molecular flexibility index (Phi) is 4.84. The zero-order valence-electron chi connectivity index (χ0n) is 13.8. The van der Waals surface area contributed by atoms with Crippen LogP contribution in [0.2, 0.25) is 0 Å². The van der Waals surface area contributed by atoms with Crippen LogP contribution in [0.15, 0.2) is 12.4 Å². The highest BCUT2D eigenvalue weighted by Crippen LogP contribution is 2.34. The highest BCUT2D eigenvalue weighted by molar-refractivity contribution is 7.88. The smallest absolute Gasteiger partial charge is 0.249 e. The van der Waals surface area contributed by atoms with Crippen molar-refractivity contribution in [1.29, 1.82) is 0 Å². The Morgan fingerprint density at radius 1 is 1.42 bits per heavy atom. The lowest BCUT2D eigenvalue weighted by atomic mass is 9.93. The molecule has 2 saturated heterocycles. The third kappa shape index (κ3) is 3.90. The van der Waals surface area contributed by atoms with Gasteiger partial charge in [-0.3, -0.25) is 14.8 Å². The number of nitrogens with zero attached hydrogens (tertiary/aromatic N) is 3. The normalized spacial score (nSPS) is 27.7. The van der Waals surface area contributed by atoms with E-state index in [1.54, 1.807) is 12.4 Å². The average Bonchev–Trinajstić information content (AvgIpc) is 2.96. The Morgan fingerprint density at radius 2 is 2.21 bits per heavy atom. The fourth-order valence-electron chi connectivity index (χ4n) is 3.17. The topological polar surface area (TPSA) is 101 Å². The number of aromatic nitrogens is 2. The zero-order chi connectivity index (χ0) is 17.3. The van der Waals surface area contributed by atoms with Crippen molar-refractivity contribution in [1.82, 2.24) is 19.6 Å². The molecule has 0 bridgehead atoms. The second kappa shape index (κ2) is 6.73. The van der Waals surface area contributed by atoms with Crippen LogP contribution >= 0.6 is 0 Å². The molecule has 1 N–H and O–H groups in total. The van der Waals surface area contributed by atoms with Gasteiger partial charge in [-0.1, -0.05) is 0 Å². The first kappa shape index (κ1) is 17.2. The lowest BCUT2D eigenvalue weighted by Gasteiger charge is -2.32. The van der Waals surface area contributed by atoms with Gasteiger partial charge in [0.25, 0.3) is 0 Å². The summed E-state index contributed by atoms with van der Waals surface area (Å²) in [5.41, 5.74) is 1.51. The van der Waals surface area contributed by atoms with E-state index >= 15 is 0 Å². The molecule has 2 aliphatic rings. The summed E-state index contributed by atoms with van der Waals surface area (Å²) in [5.74, 6) is 0.0515. The Balaban J connectivity index is 1.53. The van der Waals surface area contributed by atoms with Gasteiger partial charge in [-0.15, -0.1) is 0 Å². The number of nitrogens with one attached hydrogen (secondary N) is 1. The summed E-state index contributed by atoms with van der Waals surface area (Å²) in [7, 11) is -3.21. The van der Waals surface area contributed by atoms with Gasteiger partial charge >= 0.3 is 0 Å². The molecule has 0 aromatic carbocycles. The first-order chi connectivity index (χ1) is 11.3. The van der Waals surface area contributed by atoms with Crippen molar-refractivity contribution in [3.05, 3.63) is 23.8 Å². The summed E-state index contributed by atoms with van der Waals surface area (Å²) in [4.78, 5) is 20.6. The molecule has 132 valence electrons. The summed E-state index contributed by atoms with van der Waals surface area (Å²) < 4.78 is 30.5. The molecule has 3 rings (SSSR count). The number of carbonyl (C=O) groups excluding carboxylic acids is 1. The van der Waals surface area contributed by atoms with E-state index in [9.17, 15) is 13.2 Å². The molecule has 8 nitrogen and oxygen atoms in total. The fourth-order valence-corrected chi connectivity index (χ4v) is 4.03. The van der Waals surface area contributed by atoms with Crippen molar-refractivity contribution in [3.8, 4) is 0 Å². The number of amides is 1. The van der Waals surface area contributed by atoms with E-state index in [1.807, 2.05) is 6.92 Å². The summed E-state index contributed by atoms with van der Waals surface area (Å²) in [6, 6.07) is 0. The molecule has 0 spiro atoms. The highest BCUT2D eigenvalue weighted by Gasteiger charge is 2.43. The number of rotatable bonds is 4. The van der Waals surface area contributed by atoms with Crippen LogP contribution in [0, 0.1) is 12.8 Å². The molecule has 24 heavy (non-hydrogen) atoms. The minimum absolute atomic E-state index is 0.183. The van der Waals surface area contributed by atoms with Crippen LogP contribution < -0.4 is 5.32 Å². The molecule has 0 radical (unpaired) electrons. The largest absolute Gasteiger partial charge is 0.363 e. The van der Waals surface area contributed by atoms with Crippen molar-refractivity contribution in [3.63, 3.8) is 0 Å². The molecule has 0 saturated carbocycles. The van der Waals surface area contributed by atoms with Crippen molar-refractivity contribution in [2.24, 2.45) is 5.92 Å². The van der Waals surface area contributed by atoms with E-state index in [2.05, 4.69) is 15.3 Å². The third-order valence-electron chi connectivity index (χ3n) is 4.55. The van der Waals surface area contributed by atoms with Gasteiger partial charge in [-0.2, -0.15) is 4.31 Å². The molecule has 3 heterocycles. The number of hydrogen-bond donors (Lipinski definition) is 1. The molecule has 1 amide bonds. The molecule has 9 heteroatoms. The number of ether oxygens (including phenoxy) is 1. The predicted molar refractivity (Wildman–Crippen MR) is 86.4 cm³/mol. The standard InChI is InChI=1S/C15H22N4O4S/c1-10-6-17-12(7-16-10)8-18-15(20)13-5-11-3-4-19(24(2,21)22)9-14(11)23-13/h6-7,11,13-14H,3-5,8-9H2,1-2H3,(H,18,20)/t11-,13+,14+/m1/s1. The number of fused-ring (bicyclic) bond motifs is 1. The maximum absolute atomic E-state index is 12.3. The third-order valence-corrected chi connectivity index (χ3v) is 5.82. The Bertz CT molecular complexity index is 707. The van der Waals surface area contributed by atoms with Gasteiger partial charge in [-0.05, 0) is 25.7 Å². The summed E-state index contributed by atoms with van der Waals surface area (Å²) in [6.45, 7) is 2.98. The molecule has 2 aliphatic heterocycles. The molecule has 3 atom stereocenters. The Morgan fingerprint density at radius 3 is 2.88 bits per heavy atom. The summed E-state index contributed by atoms with van der Waals surface area (Å²) in [5, 5.41) is 2.81. The molecular weight excluding hydrogens is 332 g/mol. The van der Waals surface area contributed by atoms with Crippen molar-refractivity contribution < 1.29 is 17.9 Å². The number of carbonyl (C=O) groups is 1. The first-order valence-electron chi connectivity index (χ1n) is 7.99. The lowest BCUT2D eigenvalue weighted by Crippen LogP contribution is -2.45. The minimum Gasteiger partial charge on any atom is -0.363 e. The summed E-state index contributed by atoms with van der Waals surface area (Å²) >= 11 is 0. The number of piperidine rings is 1. The van der Waals surface area contributed by atoms with Crippen LogP contribution in [-0.2, 0) is 26.1 Å². The second-order valence-electron chi connectivity index (χ2n) is 6.44. The predicted octanol–water partition coefficient (Wildman–Crippen LogP) is -0.160.